The number of hydrazone groups is 1. The topological polar surface area (TPSA) is 127 Å². The second-order valence-corrected chi connectivity index (χ2v) is 3.92. The van der Waals surface area contributed by atoms with Crippen molar-refractivity contribution < 1.29 is 9.18 Å². The number of aryl methyl sites for hydroxylation is 1. The van der Waals surface area contributed by atoms with E-state index in [1.807, 2.05) is 0 Å². The van der Waals surface area contributed by atoms with Crippen LogP contribution in [0, 0.1) is 29.5 Å². The quantitative estimate of drug-likeness (QED) is 0.375. The fourth-order valence-corrected chi connectivity index (χ4v) is 1.43. The van der Waals surface area contributed by atoms with Gasteiger partial charge in [-0.25, -0.2) is 4.39 Å². The lowest BCUT2D eigenvalue weighted by Gasteiger charge is -2.12. The number of anilines is 2. The largest absolute Gasteiger partial charge is 0.382 e. The number of halogens is 1. The smallest absolute Gasteiger partial charge is 0.221 e. The van der Waals surface area contributed by atoms with E-state index in [2.05, 4.69) is 15.8 Å². The maximum absolute atomic E-state index is 13.4. The molecule has 0 unspecified atom stereocenters. The van der Waals surface area contributed by atoms with Gasteiger partial charge >= 0.3 is 0 Å². The van der Waals surface area contributed by atoms with Crippen molar-refractivity contribution in [2.75, 3.05) is 10.7 Å². The Kier molecular flexibility index (Phi) is 4.75. The summed E-state index contributed by atoms with van der Waals surface area (Å²) in [5.74, 6) is -1.39. The summed E-state index contributed by atoms with van der Waals surface area (Å²) in [6.07, 6.45) is 0. The zero-order chi connectivity index (χ0) is 15.3. The van der Waals surface area contributed by atoms with Crippen LogP contribution in [0.5, 0.6) is 0 Å². The first-order valence-electron chi connectivity index (χ1n) is 5.51. The number of carbonyl (C=O) groups excluding carboxylic acids is 1. The van der Waals surface area contributed by atoms with Crippen LogP contribution < -0.4 is 16.5 Å². The van der Waals surface area contributed by atoms with Crippen LogP contribution in [0.4, 0.5) is 15.8 Å². The van der Waals surface area contributed by atoms with Gasteiger partial charge in [-0.1, -0.05) is 0 Å². The van der Waals surface area contributed by atoms with Crippen molar-refractivity contribution in [3.8, 4) is 6.07 Å². The SMILES string of the molecule is CC(=O)Nc1c(C)cc(F)cc1N/N=C(\C#N)C(=N)N. The summed E-state index contributed by atoms with van der Waals surface area (Å²) in [7, 11) is 0. The lowest BCUT2D eigenvalue weighted by atomic mass is 10.1. The molecular formula is C12H13FN6O. The number of rotatable bonds is 4. The summed E-state index contributed by atoms with van der Waals surface area (Å²) >= 11 is 0. The lowest BCUT2D eigenvalue weighted by molar-refractivity contribution is -0.114. The molecule has 0 aliphatic heterocycles. The highest BCUT2D eigenvalue weighted by molar-refractivity contribution is 6.45. The third kappa shape index (κ3) is 3.78. The van der Waals surface area contributed by atoms with Crippen LogP contribution in [0.1, 0.15) is 12.5 Å². The molecule has 0 spiro atoms. The van der Waals surface area contributed by atoms with Crippen molar-refractivity contribution in [2.24, 2.45) is 10.8 Å². The Hall–Kier alpha value is -2.95. The van der Waals surface area contributed by atoms with Crippen LogP contribution in [0.2, 0.25) is 0 Å². The predicted octanol–water partition coefficient (Wildman–Crippen LogP) is 1.32. The average Bonchev–Trinajstić information content (AvgIpc) is 2.33. The molecule has 0 radical (unpaired) electrons. The number of nitriles is 1. The molecule has 0 aromatic heterocycles. The maximum Gasteiger partial charge on any atom is 0.221 e. The highest BCUT2D eigenvalue weighted by atomic mass is 19.1. The van der Waals surface area contributed by atoms with E-state index in [1.54, 1.807) is 13.0 Å². The molecule has 8 heteroatoms. The van der Waals surface area contributed by atoms with Crippen molar-refractivity contribution in [2.45, 2.75) is 13.8 Å². The van der Waals surface area contributed by atoms with Crippen LogP contribution in [0.3, 0.4) is 0 Å². The second-order valence-electron chi connectivity index (χ2n) is 3.92. The van der Waals surface area contributed by atoms with Crippen LogP contribution in [0.25, 0.3) is 0 Å². The molecule has 1 aromatic carbocycles. The molecule has 0 aliphatic rings. The number of amides is 1. The average molecular weight is 276 g/mol. The van der Waals surface area contributed by atoms with Gasteiger partial charge in [0, 0.05) is 13.0 Å². The Morgan fingerprint density at radius 1 is 1.55 bits per heavy atom. The fraction of sp³-hybridized carbons (Fsp3) is 0.167. The third-order valence-corrected chi connectivity index (χ3v) is 2.25. The molecule has 0 atom stereocenters. The minimum absolute atomic E-state index is 0.159. The van der Waals surface area contributed by atoms with E-state index < -0.39 is 11.7 Å². The molecule has 0 aliphatic carbocycles. The van der Waals surface area contributed by atoms with Crippen LogP contribution in [-0.4, -0.2) is 17.5 Å². The molecule has 0 bridgehead atoms. The molecule has 0 fully saturated rings. The van der Waals surface area contributed by atoms with E-state index in [-0.39, 0.29) is 17.3 Å². The molecule has 1 aromatic rings. The van der Waals surface area contributed by atoms with E-state index in [1.165, 1.54) is 13.0 Å². The van der Waals surface area contributed by atoms with Crippen molar-refractivity contribution in [1.82, 2.24) is 0 Å². The third-order valence-electron chi connectivity index (χ3n) is 2.25. The van der Waals surface area contributed by atoms with Gasteiger partial charge in [0.05, 0.1) is 11.4 Å². The number of amidine groups is 1. The van der Waals surface area contributed by atoms with Gasteiger partial charge < -0.3 is 11.1 Å². The first-order chi connectivity index (χ1) is 9.35. The molecule has 0 saturated carbocycles. The van der Waals surface area contributed by atoms with Gasteiger partial charge in [0.2, 0.25) is 11.6 Å². The molecule has 1 amide bonds. The van der Waals surface area contributed by atoms with Crippen molar-refractivity contribution in [3.05, 3.63) is 23.5 Å². The minimum Gasteiger partial charge on any atom is -0.382 e. The Morgan fingerprint density at radius 3 is 2.70 bits per heavy atom. The van der Waals surface area contributed by atoms with Crippen LogP contribution in [0.15, 0.2) is 17.2 Å². The highest BCUT2D eigenvalue weighted by Gasteiger charge is 2.10. The molecule has 20 heavy (non-hydrogen) atoms. The summed E-state index contributed by atoms with van der Waals surface area (Å²) in [6.45, 7) is 2.92. The van der Waals surface area contributed by atoms with Gasteiger partial charge in [-0.2, -0.15) is 10.4 Å². The monoisotopic (exact) mass is 276 g/mol. The molecule has 5 N–H and O–H groups in total. The van der Waals surface area contributed by atoms with Gasteiger partial charge in [-0.15, -0.1) is 0 Å². The number of nitrogens with one attached hydrogen (secondary N) is 3. The van der Waals surface area contributed by atoms with E-state index in [4.69, 9.17) is 16.4 Å². The van der Waals surface area contributed by atoms with E-state index in [0.717, 1.165) is 6.07 Å². The Balaban J connectivity index is 3.20. The van der Waals surface area contributed by atoms with Gasteiger partial charge in [0.15, 0.2) is 5.84 Å². The summed E-state index contributed by atoms with van der Waals surface area (Å²) in [5, 5.41) is 22.0. The number of carbonyl (C=O) groups is 1. The second kappa shape index (κ2) is 6.29. The molecule has 104 valence electrons. The Bertz CT molecular complexity index is 632. The normalized spacial score (nSPS) is 10.6. The van der Waals surface area contributed by atoms with Crippen molar-refractivity contribution in [3.63, 3.8) is 0 Å². The van der Waals surface area contributed by atoms with Crippen molar-refractivity contribution in [1.29, 1.82) is 10.7 Å². The highest BCUT2D eigenvalue weighted by Crippen LogP contribution is 2.27. The lowest BCUT2D eigenvalue weighted by Crippen LogP contribution is -2.22. The fourth-order valence-electron chi connectivity index (χ4n) is 1.43. The van der Waals surface area contributed by atoms with E-state index in [9.17, 15) is 9.18 Å². The molecular weight excluding hydrogens is 263 g/mol. The zero-order valence-corrected chi connectivity index (χ0v) is 10.9. The maximum atomic E-state index is 13.4. The number of hydrogen-bond donors (Lipinski definition) is 4. The number of benzene rings is 1. The van der Waals surface area contributed by atoms with Gasteiger partial charge in [-0.05, 0) is 18.6 Å². The minimum atomic E-state index is -0.532. The molecule has 0 heterocycles. The Morgan fingerprint density at radius 2 is 2.20 bits per heavy atom. The van der Waals surface area contributed by atoms with E-state index >= 15 is 0 Å². The zero-order valence-electron chi connectivity index (χ0n) is 10.9. The molecule has 1 rings (SSSR count). The predicted molar refractivity (Wildman–Crippen MR) is 74.0 cm³/mol. The van der Waals surface area contributed by atoms with Crippen LogP contribution in [-0.2, 0) is 4.79 Å². The first-order valence-corrected chi connectivity index (χ1v) is 5.51. The van der Waals surface area contributed by atoms with Crippen molar-refractivity contribution >= 4 is 28.8 Å². The van der Waals surface area contributed by atoms with E-state index in [0.29, 0.717) is 11.3 Å². The molecule has 7 nitrogen and oxygen atoms in total. The Labute approximate surface area is 114 Å². The summed E-state index contributed by atoms with van der Waals surface area (Å²) in [6, 6.07) is 3.97. The number of hydrogen-bond acceptors (Lipinski definition) is 5. The summed E-state index contributed by atoms with van der Waals surface area (Å²) in [5.41, 5.74) is 8.19. The van der Waals surface area contributed by atoms with Gasteiger partial charge in [0.25, 0.3) is 0 Å². The summed E-state index contributed by atoms with van der Waals surface area (Å²) < 4.78 is 13.4. The van der Waals surface area contributed by atoms with Crippen LogP contribution >= 0.6 is 0 Å². The summed E-state index contributed by atoms with van der Waals surface area (Å²) in [4.78, 5) is 11.1. The molecule has 0 saturated heterocycles. The van der Waals surface area contributed by atoms with Gasteiger partial charge in [0.1, 0.15) is 11.9 Å². The number of nitrogens with zero attached hydrogens (tertiary/aromatic N) is 2. The first kappa shape index (κ1) is 15.1. The number of nitrogens with two attached hydrogens (primary N) is 1. The standard InChI is InChI=1S/C12H13FN6O/c1-6-3-8(13)4-9(11(6)17-7(2)20)18-19-10(5-14)12(15)16/h3-4,18H,1-2H3,(H3,15,16)(H,17,20)/b19-10+. The van der Waals surface area contributed by atoms with Gasteiger partial charge in [-0.3, -0.25) is 15.6 Å².